The Balaban J connectivity index is 1.62. The maximum absolute atomic E-state index is 13.5. The number of aryl methyl sites for hydroxylation is 1. The summed E-state index contributed by atoms with van der Waals surface area (Å²) in [4.78, 5) is 34.1. The van der Waals surface area contributed by atoms with E-state index >= 15 is 0 Å². The van der Waals surface area contributed by atoms with E-state index in [0.717, 1.165) is 16.8 Å². The van der Waals surface area contributed by atoms with Gasteiger partial charge in [0.15, 0.2) is 6.10 Å². The van der Waals surface area contributed by atoms with Crippen molar-refractivity contribution in [1.29, 1.82) is 0 Å². The number of para-hydroxylation sites is 2. The number of rotatable bonds is 3. The molecule has 5 nitrogen and oxygen atoms in total. The number of hydrogen-bond donors (Lipinski definition) is 0. The van der Waals surface area contributed by atoms with Crippen molar-refractivity contribution in [3.63, 3.8) is 0 Å². The predicted molar refractivity (Wildman–Crippen MR) is 110 cm³/mol. The molecule has 0 saturated carbocycles. The van der Waals surface area contributed by atoms with Crippen LogP contribution in [0.25, 0.3) is 0 Å². The number of hydroxylamine groups is 1. The molecule has 5 rings (SSSR count). The standard InChI is InChI=1S/C24H20N2O3/c1-16-10-8-9-15-19(16)21-20-22(29-26(21)18-13-6-3-7-14-18)24(28)25(23(20)27)17-11-4-2-5-12-17/h2-15,20-22H,1H3/t20-,21+,22+/m1/s1. The first-order valence-corrected chi connectivity index (χ1v) is 9.66. The molecule has 2 aliphatic rings. The summed E-state index contributed by atoms with van der Waals surface area (Å²) in [6.45, 7) is 2.02. The monoisotopic (exact) mass is 384 g/mol. The van der Waals surface area contributed by atoms with Crippen molar-refractivity contribution in [3.8, 4) is 0 Å². The molecule has 2 amide bonds. The second-order valence-corrected chi connectivity index (χ2v) is 7.36. The third kappa shape index (κ3) is 2.74. The van der Waals surface area contributed by atoms with Gasteiger partial charge in [0.05, 0.1) is 17.4 Å². The molecule has 5 heteroatoms. The molecule has 0 N–H and O–H groups in total. The molecule has 2 saturated heterocycles. The van der Waals surface area contributed by atoms with Crippen LogP contribution in [0.3, 0.4) is 0 Å². The van der Waals surface area contributed by atoms with Crippen molar-refractivity contribution in [2.45, 2.75) is 19.1 Å². The van der Waals surface area contributed by atoms with Gasteiger partial charge in [0, 0.05) is 0 Å². The average Bonchev–Trinajstić information content (AvgIpc) is 3.26. The van der Waals surface area contributed by atoms with E-state index in [0.29, 0.717) is 5.69 Å². The van der Waals surface area contributed by atoms with Gasteiger partial charge >= 0.3 is 0 Å². The number of imide groups is 1. The SMILES string of the molecule is Cc1ccccc1[C@H]1[C@H]2C(=O)N(c3ccccc3)C(=O)[C@H]2ON1c1ccccc1. The van der Waals surface area contributed by atoms with Gasteiger partial charge in [0.25, 0.3) is 5.91 Å². The summed E-state index contributed by atoms with van der Waals surface area (Å²) >= 11 is 0. The highest BCUT2D eigenvalue weighted by molar-refractivity contribution is 6.23. The van der Waals surface area contributed by atoms with E-state index in [1.165, 1.54) is 4.90 Å². The minimum absolute atomic E-state index is 0.224. The summed E-state index contributed by atoms with van der Waals surface area (Å²) in [5.41, 5.74) is 3.44. The van der Waals surface area contributed by atoms with Crippen LogP contribution in [-0.4, -0.2) is 17.9 Å². The molecule has 0 unspecified atom stereocenters. The van der Waals surface area contributed by atoms with Crippen molar-refractivity contribution < 1.29 is 14.4 Å². The highest BCUT2D eigenvalue weighted by atomic mass is 16.7. The number of benzene rings is 3. The second kappa shape index (κ2) is 6.87. The van der Waals surface area contributed by atoms with Crippen LogP contribution in [-0.2, 0) is 14.4 Å². The first-order chi connectivity index (χ1) is 14.2. The smallest absolute Gasteiger partial charge is 0.266 e. The van der Waals surface area contributed by atoms with Crippen molar-refractivity contribution in [3.05, 3.63) is 96.1 Å². The molecule has 3 atom stereocenters. The normalized spacial score (nSPS) is 23.6. The molecule has 3 aromatic carbocycles. The topological polar surface area (TPSA) is 49.9 Å². The Bertz CT molecular complexity index is 1070. The fraction of sp³-hybridized carbons (Fsp3) is 0.167. The molecule has 29 heavy (non-hydrogen) atoms. The molecule has 144 valence electrons. The van der Waals surface area contributed by atoms with E-state index in [-0.39, 0.29) is 17.9 Å². The number of fused-ring (bicyclic) bond motifs is 1. The third-order valence-corrected chi connectivity index (χ3v) is 5.65. The van der Waals surface area contributed by atoms with Crippen LogP contribution >= 0.6 is 0 Å². The summed E-state index contributed by atoms with van der Waals surface area (Å²) < 4.78 is 0. The van der Waals surface area contributed by atoms with Gasteiger partial charge in [-0.3, -0.25) is 14.4 Å². The fourth-order valence-corrected chi connectivity index (χ4v) is 4.28. The zero-order valence-electron chi connectivity index (χ0n) is 15.9. The first-order valence-electron chi connectivity index (χ1n) is 9.66. The molecule has 0 radical (unpaired) electrons. The largest absolute Gasteiger partial charge is 0.273 e. The van der Waals surface area contributed by atoms with Crippen LogP contribution in [0.2, 0.25) is 0 Å². The number of hydrogen-bond acceptors (Lipinski definition) is 4. The highest BCUT2D eigenvalue weighted by Gasteiger charge is 2.60. The summed E-state index contributed by atoms with van der Waals surface area (Å²) in [6.07, 6.45) is -0.840. The lowest BCUT2D eigenvalue weighted by Gasteiger charge is -2.29. The highest BCUT2D eigenvalue weighted by Crippen LogP contribution is 2.48. The number of anilines is 2. The number of carbonyl (C=O) groups is 2. The zero-order chi connectivity index (χ0) is 20.0. The zero-order valence-corrected chi connectivity index (χ0v) is 15.9. The van der Waals surface area contributed by atoms with Crippen molar-refractivity contribution >= 4 is 23.2 Å². The molecule has 0 aromatic heterocycles. The Morgan fingerprint density at radius 1 is 0.724 bits per heavy atom. The lowest BCUT2D eigenvalue weighted by Crippen LogP contribution is -2.37. The van der Waals surface area contributed by atoms with E-state index in [2.05, 4.69) is 0 Å². The van der Waals surface area contributed by atoms with Crippen LogP contribution < -0.4 is 9.96 Å². The van der Waals surface area contributed by atoms with Crippen molar-refractivity contribution in [1.82, 2.24) is 0 Å². The number of nitrogens with zero attached hydrogens (tertiary/aromatic N) is 2. The molecule has 3 aromatic rings. The first kappa shape index (κ1) is 17.6. The summed E-state index contributed by atoms with van der Waals surface area (Å²) in [5, 5.41) is 1.73. The Labute approximate surface area is 169 Å². The minimum atomic E-state index is -0.840. The fourth-order valence-electron chi connectivity index (χ4n) is 4.28. The lowest BCUT2D eigenvalue weighted by molar-refractivity contribution is -0.126. The maximum atomic E-state index is 13.5. The number of carbonyl (C=O) groups excluding carboxylic acids is 2. The van der Waals surface area contributed by atoms with Gasteiger partial charge in [-0.05, 0) is 42.3 Å². The minimum Gasteiger partial charge on any atom is -0.273 e. The molecule has 2 aliphatic heterocycles. The Hall–Kier alpha value is -3.44. The van der Waals surface area contributed by atoms with Gasteiger partial charge in [0.1, 0.15) is 5.92 Å². The van der Waals surface area contributed by atoms with E-state index in [1.54, 1.807) is 17.2 Å². The second-order valence-electron chi connectivity index (χ2n) is 7.36. The van der Waals surface area contributed by atoms with Gasteiger partial charge in [0.2, 0.25) is 5.91 Å². The molecule has 0 aliphatic carbocycles. The van der Waals surface area contributed by atoms with Crippen LogP contribution in [0, 0.1) is 12.8 Å². The van der Waals surface area contributed by atoms with E-state index in [1.807, 2.05) is 79.7 Å². The molecule has 0 bridgehead atoms. The van der Waals surface area contributed by atoms with E-state index in [4.69, 9.17) is 4.84 Å². The Morgan fingerprint density at radius 3 is 1.97 bits per heavy atom. The summed E-state index contributed by atoms with van der Waals surface area (Å²) in [7, 11) is 0. The molecule has 2 fully saturated rings. The predicted octanol–water partition coefficient (Wildman–Crippen LogP) is 4.05. The maximum Gasteiger partial charge on any atom is 0.266 e. The van der Waals surface area contributed by atoms with Crippen molar-refractivity contribution in [2.75, 3.05) is 9.96 Å². The van der Waals surface area contributed by atoms with Gasteiger partial charge in [-0.1, -0.05) is 60.7 Å². The van der Waals surface area contributed by atoms with Crippen LogP contribution in [0.1, 0.15) is 17.2 Å². The van der Waals surface area contributed by atoms with Crippen LogP contribution in [0.5, 0.6) is 0 Å². The molecule has 0 spiro atoms. The molecular formula is C24H20N2O3. The molecular weight excluding hydrogens is 364 g/mol. The Kier molecular flexibility index (Phi) is 4.18. The Morgan fingerprint density at radius 2 is 1.31 bits per heavy atom. The van der Waals surface area contributed by atoms with Gasteiger partial charge in [-0.25, -0.2) is 9.96 Å². The molecule has 2 heterocycles. The van der Waals surface area contributed by atoms with Crippen LogP contribution in [0.4, 0.5) is 11.4 Å². The van der Waals surface area contributed by atoms with Gasteiger partial charge < -0.3 is 0 Å². The summed E-state index contributed by atoms with van der Waals surface area (Å²) in [5.74, 6) is -1.15. The average molecular weight is 384 g/mol. The van der Waals surface area contributed by atoms with E-state index in [9.17, 15) is 9.59 Å². The number of amides is 2. The third-order valence-electron chi connectivity index (χ3n) is 5.65. The van der Waals surface area contributed by atoms with E-state index < -0.39 is 12.0 Å². The van der Waals surface area contributed by atoms with Crippen molar-refractivity contribution in [2.24, 2.45) is 5.92 Å². The lowest BCUT2D eigenvalue weighted by atomic mass is 9.88. The van der Waals surface area contributed by atoms with Gasteiger partial charge in [-0.15, -0.1) is 0 Å². The quantitative estimate of drug-likeness (QED) is 0.640. The summed E-state index contributed by atoms with van der Waals surface area (Å²) in [6, 6.07) is 26.2. The van der Waals surface area contributed by atoms with Crippen LogP contribution in [0.15, 0.2) is 84.9 Å². The van der Waals surface area contributed by atoms with Gasteiger partial charge in [-0.2, -0.15) is 0 Å².